The van der Waals surface area contributed by atoms with Gasteiger partial charge in [0.25, 0.3) is 0 Å². The molecule has 2 nitrogen and oxygen atoms in total. The van der Waals surface area contributed by atoms with Gasteiger partial charge in [-0.15, -0.1) is 0 Å². The van der Waals surface area contributed by atoms with E-state index in [2.05, 4.69) is 0 Å². The van der Waals surface area contributed by atoms with Gasteiger partial charge < -0.3 is 10.6 Å². The molecule has 19 heavy (non-hydrogen) atoms. The molecule has 0 radical (unpaired) electrons. The summed E-state index contributed by atoms with van der Waals surface area (Å²) >= 11 is 0. The third kappa shape index (κ3) is 2.99. The van der Waals surface area contributed by atoms with E-state index in [1.165, 1.54) is 24.3 Å². The smallest absolute Gasteiger partial charge is 0.148 e. The fourth-order valence-electron chi connectivity index (χ4n) is 1.75. The largest absolute Gasteiger partial charge is 0.396 e. The number of anilines is 2. The van der Waals surface area contributed by atoms with E-state index in [0.29, 0.717) is 11.3 Å². The number of halogens is 3. The minimum Gasteiger partial charge on any atom is -0.396 e. The van der Waals surface area contributed by atoms with E-state index in [1.54, 1.807) is 18.0 Å². The molecule has 0 aliphatic rings. The molecule has 0 aliphatic heterocycles. The molecular weight excluding hydrogens is 253 g/mol. The number of hydrogen-bond donors (Lipinski definition) is 1. The minimum atomic E-state index is -0.623. The van der Waals surface area contributed by atoms with Gasteiger partial charge in [-0.05, 0) is 24.3 Å². The van der Waals surface area contributed by atoms with Crippen molar-refractivity contribution in [3.05, 3.63) is 59.4 Å². The van der Waals surface area contributed by atoms with Crippen LogP contribution in [0.3, 0.4) is 0 Å². The first-order chi connectivity index (χ1) is 8.97. The number of benzene rings is 2. The first kappa shape index (κ1) is 13.3. The van der Waals surface area contributed by atoms with Crippen LogP contribution in [0.15, 0.2) is 36.4 Å². The molecule has 100 valence electrons. The van der Waals surface area contributed by atoms with Crippen LogP contribution in [-0.2, 0) is 6.54 Å². The SMILES string of the molecule is CN(Cc1ccc(F)cc1F)c1ccc(N)c(F)c1. The van der Waals surface area contributed by atoms with Crippen molar-refractivity contribution in [2.45, 2.75) is 6.54 Å². The summed E-state index contributed by atoms with van der Waals surface area (Å²) in [5, 5.41) is 0. The topological polar surface area (TPSA) is 29.3 Å². The van der Waals surface area contributed by atoms with E-state index in [4.69, 9.17) is 5.73 Å². The second-order valence-electron chi connectivity index (χ2n) is 4.30. The molecule has 5 heteroatoms. The molecule has 0 unspecified atom stereocenters. The molecule has 0 bridgehead atoms. The molecule has 2 aromatic rings. The van der Waals surface area contributed by atoms with Crippen LogP contribution >= 0.6 is 0 Å². The van der Waals surface area contributed by atoms with Crippen LogP contribution < -0.4 is 10.6 Å². The quantitative estimate of drug-likeness (QED) is 0.863. The molecule has 0 saturated carbocycles. The predicted molar refractivity (Wildman–Crippen MR) is 69.3 cm³/mol. The maximum atomic E-state index is 13.5. The van der Waals surface area contributed by atoms with E-state index in [-0.39, 0.29) is 12.2 Å². The summed E-state index contributed by atoms with van der Waals surface area (Å²) in [6.45, 7) is 0.204. The summed E-state index contributed by atoms with van der Waals surface area (Å²) < 4.78 is 39.6. The van der Waals surface area contributed by atoms with Gasteiger partial charge in [-0.2, -0.15) is 0 Å². The van der Waals surface area contributed by atoms with Gasteiger partial charge in [0.05, 0.1) is 5.69 Å². The number of nitrogens with zero attached hydrogens (tertiary/aromatic N) is 1. The zero-order chi connectivity index (χ0) is 14.0. The lowest BCUT2D eigenvalue weighted by Crippen LogP contribution is -2.17. The molecule has 0 fully saturated rings. The Hall–Kier alpha value is -2.17. The van der Waals surface area contributed by atoms with E-state index < -0.39 is 17.5 Å². The molecule has 2 rings (SSSR count). The molecule has 0 heterocycles. The molecule has 0 aliphatic carbocycles. The van der Waals surface area contributed by atoms with Crippen LogP contribution in [0, 0.1) is 17.5 Å². The van der Waals surface area contributed by atoms with Crippen molar-refractivity contribution in [1.82, 2.24) is 0 Å². The summed E-state index contributed by atoms with van der Waals surface area (Å²) in [5.74, 6) is -1.77. The van der Waals surface area contributed by atoms with Crippen molar-refractivity contribution in [3.63, 3.8) is 0 Å². The van der Waals surface area contributed by atoms with Gasteiger partial charge >= 0.3 is 0 Å². The Balaban J connectivity index is 2.20. The Morgan fingerprint density at radius 1 is 1.00 bits per heavy atom. The first-order valence-electron chi connectivity index (χ1n) is 5.67. The van der Waals surface area contributed by atoms with E-state index in [0.717, 1.165) is 6.07 Å². The second-order valence-corrected chi connectivity index (χ2v) is 4.30. The number of nitrogen functional groups attached to an aromatic ring is 1. The van der Waals surface area contributed by atoms with Crippen LogP contribution in [0.25, 0.3) is 0 Å². The molecule has 0 atom stereocenters. The molecular formula is C14H13F3N2. The van der Waals surface area contributed by atoms with Gasteiger partial charge in [0, 0.05) is 30.9 Å². The molecule has 0 saturated heterocycles. The van der Waals surface area contributed by atoms with Crippen LogP contribution in [-0.4, -0.2) is 7.05 Å². The van der Waals surface area contributed by atoms with Crippen LogP contribution in [0.4, 0.5) is 24.5 Å². The molecule has 0 aromatic heterocycles. The maximum Gasteiger partial charge on any atom is 0.148 e. The molecule has 0 spiro atoms. The average molecular weight is 266 g/mol. The summed E-state index contributed by atoms with van der Waals surface area (Å²) in [6, 6.07) is 7.75. The van der Waals surface area contributed by atoms with Gasteiger partial charge in [-0.1, -0.05) is 6.07 Å². The fraction of sp³-hybridized carbons (Fsp3) is 0.143. The lowest BCUT2D eigenvalue weighted by molar-refractivity contribution is 0.571. The second kappa shape index (κ2) is 5.22. The summed E-state index contributed by atoms with van der Waals surface area (Å²) in [7, 11) is 1.69. The monoisotopic (exact) mass is 266 g/mol. The third-order valence-electron chi connectivity index (χ3n) is 2.85. The number of rotatable bonds is 3. The zero-order valence-corrected chi connectivity index (χ0v) is 10.3. The van der Waals surface area contributed by atoms with Gasteiger partial charge in [-0.25, -0.2) is 13.2 Å². The van der Waals surface area contributed by atoms with Crippen molar-refractivity contribution in [2.24, 2.45) is 0 Å². The zero-order valence-electron chi connectivity index (χ0n) is 10.3. The van der Waals surface area contributed by atoms with Gasteiger partial charge in [0.2, 0.25) is 0 Å². The average Bonchev–Trinajstić information content (AvgIpc) is 2.36. The third-order valence-corrected chi connectivity index (χ3v) is 2.85. The Morgan fingerprint density at radius 2 is 1.74 bits per heavy atom. The van der Waals surface area contributed by atoms with Crippen LogP contribution in [0.5, 0.6) is 0 Å². The lowest BCUT2D eigenvalue weighted by Gasteiger charge is -2.20. The van der Waals surface area contributed by atoms with Crippen LogP contribution in [0.1, 0.15) is 5.56 Å². The Labute approximate surface area is 109 Å². The molecule has 2 N–H and O–H groups in total. The first-order valence-corrected chi connectivity index (χ1v) is 5.67. The molecule has 0 amide bonds. The van der Waals surface area contributed by atoms with Gasteiger partial charge in [0.1, 0.15) is 17.5 Å². The minimum absolute atomic E-state index is 0.0603. The normalized spacial score (nSPS) is 10.5. The summed E-state index contributed by atoms with van der Waals surface area (Å²) in [4.78, 5) is 1.65. The fourth-order valence-corrected chi connectivity index (χ4v) is 1.75. The molecule has 2 aromatic carbocycles. The Kier molecular flexibility index (Phi) is 3.64. The standard InChI is InChI=1S/C14H13F3N2/c1-19(11-4-5-14(18)13(17)7-11)8-9-2-3-10(15)6-12(9)16/h2-7H,8,18H2,1H3. The highest BCUT2D eigenvalue weighted by Gasteiger charge is 2.09. The van der Waals surface area contributed by atoms with Crippen molar-refractivity contribution in [2.75, 3.05) is 17.7 Å². The van der Waals surface area contributed by atoms with Gasteiger partial charge in [-0.3, -0.25) is 0 Å². The van der Waals surface area contributed by atoms with E-state index >= 15 is 0 Å². The van der Waals surface area contributed by atoms with E-state index in [1.807, 2.05) is 0 Å². The Bertz CT molecular complexity index is 599. The lowest BCUT2D eigenvalue weighted by atomic mass is 10.2. The van der Waals surface area contributed by atoms with Crippen LogP contribution in [0.2, 0.25) is 0 Å². The number of hydrogen-bond acceptors (Lipinski definition) is 2. The van der Waals surface area contributed by atoms with Crippen molar-refractivity contribution >= 4 is 11.4 Å². The predicted octanol–water partition coefficient (Wildman–Crippen LogP) is 3.32. The highest BCUT2D eigenvalue weighted by Crippen LogP contribution is 2.21. The summed E-state index contributed by atoms with van der Waals surface area (Å²) in [6.07, 6.45) is 0. The summed E-state index contributed by atoms with van der Waals surface area (Å²) in [5.41, 5.74) is 6.35. The van der Waals surface area contributed by atoms with Crippen molar-refractivity contribution < 1.29 is 13.2 Å². The Morgan fingerprint density at radius 3 is 2.37 bits per heavy atom. The maximum absolute atomic E-state index is 13.5. The number of nitrogens with two attached hydrogens (primary N) is 1. The highest BCUT2D eigenvalue weighted by molar-refractivity contribution is 5.54. The van der Waals surface area contributed by atoms with E-state index in [9.17, 15) is 13.2 Å². The van der Waals surface area contributed by atoms with Crippen molar-refractivity contribution in [3.8, 4) is 0 Å². The highest BCUT2D eigenvalue weighted by atomic mass is 19.1. The van der Waals surface area contributed by atoms with Crippen molar-refractivity contribution in [1.29, 1.82) is 0 Å². The van der Waals surface area contributed by atoms with Gasteiger partial charge in [0.15, 0.2) is 0 Å².